The predicted molar refractivity (Wildman–Crippen MR) is 115 cm³/mol. The highest BCUT2D eigenvalue weighted by molar-refractivity contribution is 8.18. The van der Waals surface area contributed by atoms with E-state index in [1.807, 2.05) is 50.3 Å². The van der Waals surface area contributed by atoms with E-state index in [1.165, 1.54) is 17.3 Å². The molecule has 142 valence electrons. The molecule has 2 heterocycles. The third kappa shape index (κ3) is 3.18. The highest BCUT2D eigenvalue weighted by Crippen LogP contribution is 2.29. The maximum Gasteiger partial charge on any atom is 0.328 e. The number of fused-ring (bicyclic) bond motifs is 1. The number of carbonyl (C=O) groups is 1. The second-order valence-electron chi connectivity index (χ2n) is 6.92. The van der Waals surface area contributed by atoms with Crippen LogP contribution in [0.25, 0.3) is 17.1 Å². The Morgan fingerprint density at radius 3 is 2.50 bits per heavy atom. The molecule has 7 heteroatoms. The molecule has 0 spiro atoms. The Hall–Kier alpha value is -3.06. The molecule has 4 rings (SSSR count). The molecule has 0 aliphatic carbocycles. The SMILES string of the molecule is Cc1ccc(N=C2NC(=O)/C(=C/c3ccc4c(c3)n(C)c(=O)n4C)S2)c(C)c1. The fourth-order valence-electron chi connectivity index (χ4n) is 3.29. The van der Waals surface area contributed by atoms with Crippen LogP contribution in [0.3, 0.4) is 0 Å². The van der Waals surface area contributed by atoms with Crippen LogP contribution in [0.1, 0.15) is 16.7 Å². The van der Waals surface area contributed by atoms with E-state index in [4.69, 9.17) is 0 Å². The molecule has 1 amide bonds. The lowest BCUT2D eigenvalue weighted by Gasteiger charge is -2.02. The Morgan fingerprint density at radius 1 is 1.00 bits per heavy atom. The topological polar surface area (TPSA) is 68.4 Å². The van der Waals surface area contributed by atoms with E-state index in [2.05, 4.69) is 16.4 Å². The summed E-state index contributed by atoms with van der Waals surface area (Å²) in [4.78, 5) is 29.6. The number of thioether (sulfide) groups is 1. The van der Waals surface area contributed by atoms with Crippen molar-refractivity contribution in [3.05, 3.63) is 68.5 Å². The summed E-state index contributed by atoms with van der Waals surface area (Å²) in [7, 11) is 3.49. The van der Waals surface area contributed by atoms with Crippen LogP contribution in [0.15, 0.2) is 51.1 Å². The molecule has 1 saturated heterocycles. The minimum atomic E-state index is -0.171. The highest BCUT2D eigenvalue weighted by Gasteiger charge is 2.24. The summed E-state index contributed by atoms with van der Waals surface area (Å²) in [5, 5.41) is 3.39. The van der Waals surface area contributed by atoms with Crippen molar-refractivity contribution in [3.8, 4) is 0 Å². The summed E-state index contributed by atoms with van der Waals surface area (Å²) in [5.74, 6) is -0.171. The van der Waals surface area contributed by atoms with Crippen molar-refractivity contribution >= 4 is 45.6 Å². The molecule has 3 aromatic rings. The number of aromatic nitrogens is 2. The first-order chi connectivity index (χ1) is 13.3. The molecular weight excluding hydrogens is 372 g/mol. The number of hydrogen-bond donors (Lipinski definition) is 1. The first-order valence-electron chi connectivity index (χ1n) is 8.86. The second kappa shape index (κ2) is 6.83. The van der Waals surface area contributed by atoms with Gasteiger partial charge in [-0.2, -0.15) is 0 Å². The molecule has 1 fully saturated rings. The molecule has 1 aromatic heterocycles. The van der Waals surface area contributed by atoms with Crippen molar-refractivity contribution in [1.82, 2.24) is 14.5 Å². The van der Waals surface area contributed by atoms with Crippen molar-refractivity contribution in [3.63, 3.8) is 0 Å². The number of nitrogens with one attached hydrogen (secondary N) is 1. The molecule has 6 nitrogen and oxygen atoms in total. The van der Waals surface area contributed by atoms with Crippen LogP contribution < -0.4 is 11.0 Å². The Kier molecular flexibility index (Phi) is 4.47. The van der Waals surface area contributed by atoms with Crippen LogP contribution in [0, 0.1) is 13.8 Å². The monoisotopic (exact) mass is 392 g/mol. The lowest BCUT2D eigenvalue weighted by atomic mass is 10.1. The van der Waals surface area contributed by atoms with Gasteiger partial charge in [-0.15, -0.1) is 0 Å². The molecule has 0 unspecified atom stereocenters. The number of hydrogen-bond acceptors (Lipinski definition) is 4. The number of aliphatic imine (C=N–C) groups is 1. The zero-order valence-electron chi connectivity index (χ0n) is 16.1. The second-order valence-corrected chi connectivity index (χ2v) is 7.95. The van der Waals surface area contributed by atoms with Crippen molar-refractivity contribution in [2.45, 2.75) is 13.8 Å². The normalized spacial score (nSPS) is 17.1. The van der Waals surface area contributed by atoms with Crippen molar-refractivity contribution in [1.29, 1.82) is 0 Å². The van der Waals surface area contributed by atoms with Gasteiger partial charge in [-0.25, -0.2) is 9.79 Å². The van der Waals surface area contributed by atoms with Crippen LogP contribution >= 0.6 is 11.8 Å². The average molecular weight is 392 g/mol. The van der Waals surface area contributed by atoms with Gasteiger partial charge in [0.2, 0.25) is 0 Å². The molecule has 0 atom stereocenters. The molecule has 0 bridgehead atoms. The third-order valence-electron chi connectivity index (χ3n) is 4.82. The van der Waals surface area contributed by atoms with E-state index in [0.717, 1.165) is 27.8 Å². The summed E-state index contributed by atoms with van der Waals surface area (Å²) >= 11 is 1.32. The number of amidine groups is 1. The average Bonchev–Trinajstić information content (AvgIpc) is 3.10. The quantitative estimate of drug-likeness (QED) is 0.680. The number of rotatable bonds is 2. The van der Waals surface area contributed by atoms with Crippen LogP contribution in [-0.2, 0) is 18.9 Å². The van der Waals surface area contributed by atoms with Gasteiger partial charge in [-0.1, -0.05) is 23.8 Å². The number of amides is 1. The molecule has 28 heavy (non-hydrogen) atoms. The van der Waals surface area contributed by atoms with Gasteiger partial charge >= 0.3 is 5.69 Å². The van der Waals surface area contributed by atoms with E-state index >= 15 is 0 Å². The van der Waals surface area contributed by atoms with Gasteiger partial charge in [0.05, 0.1) is 21.6 Å². The van der Waals surface area contributed by atoms with Crippen LogP contribution in [0.5, 0.6) is 0 Å². The Bertz CT molecular complexity index is 1250. The zero-order chi connectivity index (χ0) is 20.0. The number of imidazole rings is 1. The number of benzene rings is 2. The molecule has 2 aromatic carbocycles. The van der Waals surface area contributed by atoms with Crippen LogP contribution in [0.4, 0.5) is 5.69 Å². The van der Waals surface area contributed by atoms with Crippen molar-refractivity contribution < 1.29 is 4.79 Å². The first kappa shape index (κ1) is 18.3. The summed E-state index contributed by atoms with van der Waals surface area (Å²) in [6.45, 7) is 4.04. The minimum absolute atomic E-state index is 0.0734. The fraction of sp³-hybridized carbons (Fsp3) is 0.190. The minimum Gasteiger partial charge on any atom is -0.300 e. The highest BCUT2D eigenvalue weighted by atomic mass is 32.2. The van der Waals surface area contributed by atoms with E-state index in [-0.39, 0.29) is 11.6 Å². The molecule has 1 aliphatic rings. The predicted octanol–water partition coefficient (Wildman–Crippen LogP) is 3.39. The maximum atomic E-state index is 12.4. The van der Waals surface area contributed by atoms with Gasteiger partial charge in [-0.3, -0.25) is 13.9 Å². The van der Waals surface area contributed by atoms with Crippen molar-refractivity contribution in [2.75, 3.05) is 0 Å². The van der Waals surface area contributed by atoms with Gasteiger partial charge in [-0.05, 0) is 61.0 Å². The van der Waals surface area contributed by atoms with E-state index in [1.54, 1.807) is 23.2 Å². The van der Waals surface area contributed by atoms with Gasteiger partial charge in [0.1, 0.15) is 0 Å². The molecular formula is C21H20N4O2S. The Labute approximate surface area is 166 Å². The molecule has 0 saturated carbocycles. The maximum absolute atomic E-state index is 12.4. The van der Waals surface area contributed by atoms with Gasteiger partial charge in [0.15, 0.2) is 5.17 Å². The van der Waals surface area contributed by atoms with E-state index in [0.29, 0.717) is 10.1 Å². The van der Waals surface area contributed by atoms with Gasteiger partial charge in [0, 0.05) is 14.1 Å². The van der Waals surface area contributed by atoms with Gasteiger partial charge in [0.25, 0.3) is 5.91 Å². The fourth-order valence-corrected chi connectivity index (χ4v) is 4.12. The summed E-state index contributed by atoms with van der Waals surface area (Å²) in [6.07, 6.45) is 1.82. The van der Waals surface area contributed by atoms with Gasteiger partial charge < -0.3 is 5.32 Å². The molecule has 1 aliphatic heterocycles. The first-order valence-corrected chi connectivity index (χ1v) is 9.67. The smallest absolute Gasteiger partial charge is 0.300 e. The summed E-state index contributed by atoms with van der Waals surface area (Å²) in [6, 6.07) is 11.7. The van der Waals surface area contributed by atoms with Crippen molar-refractivity contribution in [2.24, 2.45) is 19.1 Å². The largest absolute Gasteiger partial charge is 0.328 e. The molecule has 1 N–H and O–H groups in total. The molecule has 0 radical (unpaired) electrons. The van der Waals surface area contributed by atoms with E-state index < -0.39 is 0 Å². The lowest BCUT2D eigenvalue weighted by Crippen LogP contribution is -2.19. The van der Waals surface area contributed by atoms with Crippen LogP contribution in [-0.4, -0.2) is 20.2 Å². The number of nitrogens with zero attached hydrogens (tertiary/aromatic N) is 3. The third-order valence-corrected chi connectivity index (χ3v) is 5.73. The standard InChI is InChI=1S/C21H20N4O2S/c1-12-5-7-15(13(2)9-12)22-20-23-19(26)18(28-20)11-14-6-8-16-17(10-14)25(4)21(27)24(16)3/h5-11H,1-4H3,(H,22,23,26)/b18-11-. The summed E-state index contributed by atoms with van der Waals surface area (Å²) in [5.41, 5.74) is 5.56. The van der Waals surface area contributed by atoms with Crippen LogP contribution in [0.2, 0.25) is 0 Å². The Balaban J connectivity index is 1.66. The lowest BCUT2D eigenvalue weighted by molar-refractivity contribution is -0.115. The summed E-state index contributed by atoms with van der Waals surface area (Å²) < 4.78 is 3.21. The number of aryl methyl sites for hydroxylation is 4. The number of carbonyl (C=O) groups excluding carboxylic acids is 1. The Morgan fingerprint density at radius 2 is 1.75 bits per heavy atom. The zero-order valence-corrected chi connectivity index (χ0v) is 16.9. The van der Waals surface area contributed by atoms with E-state index in [9.17, 15) is 9.59 Å².